The van der Waals surface area contributed by atoms with E-state index in [1.165, 1.54) is 6.33 Å². The minimum Gasteiger partial charge on any atom is -0.481 e. The van der Waals surface area contributed by atoms with E-state index in [-0.39, 0.29) is 18.1 Å². The Morgan fingerprint density at radius 1 is 1.44 bits per heavy atom. The molecule has 7 nitrogen and oxygen atoms in total. The summed E-state index contributed by atoms with van der Waals surface area (Å²) in [5.74, 6) is 0.792. The van der Waals surface area contributed by atoms with Crippen LogP contribution < -0.4 is 15.2 Å². The summed E-state index contributed by atoms with van der Waals surface area (Å²) in [6.07, 6.45) is 4.09. The van der Waals surface area contributed by atoms with E-state index >= 15 is 0 Å². The third kappa shape index (κ3) is 2.77. The van der Waals surface area contributed by atoms with Crippen LogP contribution in [-0.2, 0) is 0 Å². The molecule has 1 atom stereocenters. The number of anilines is 1. The summed E-state index contributed by atoms with van der Waals surface area (Å²) in [6, 6.07) is 3.72. The minimum atomic E-state index is -0.142. The number of hydrogen-bond donors (Lipinski definition) is 2. The molecule has 0 unspecified atom stereocenters. The van der Waals surface area contributed by atoms with Crippen molar-refractivity contribution in [3.8, 4) is 16.3 Å². The highest BCUT2D eigenvalue weighted by molar-refractivity contribution is 7.21. The third-order valence-electron chi connectivity index (χ3n) is 4.52. The molecule has 3 aromatic rings. The molecule has 8 heteroatoms. The van der Waals surface area contributed by atoms with Crippen molar-refractivity contribution in [2.75, 3.05) is 31.7 Å². The summed E-state index contributed by atoms with van der Waals surface area (Å²) < 4.78 is 5.11. The quantitative estimate of drug-likeness (QED) is 0.740. The Kier molecular flexibility index (Phi) is 4.14. The highest BCUT2D eigenvalue weighted by Gasteiger charge is 2.27. The lowest BCUT2D eigenvalue weighted by atomic mass is 10.1. The number of methoxy groups -OCH3 is 1. The molecule has 1 saturated heterocycles. The zero-order chi connectivity index (χ0) is 17.4. The SMILES string of the molecule is COc1ccc(-c2sc(N3CC[C@H](CO)C3)c3c(=O)[nH]cnc23)cn1. The summed E-state index contributed by atoms with van der Waals surface area (Å²) >= 11 is 1.54. The van der Waals surface area contributed by atoms with Crippen molar-refractivity contribution in [3.05, 3.63) is 35.0 Å². The Hall–Kier alpha value is -2.45. The van der Waals surface area contributed by atoms with E-state index in [0.29, 0.717) is 16.8 Å². The molecule has 0 amide bonds. The van der Waals surface area contributed by atoms with Crippen LogP contribution in [0.3, 0.4) is 0 Å². The summed E-state index contributed by atoms with van der Waals surface area (Å²) in [5.41, 5.74) is 1.44. The number of rotatable bonds is 4. The van der Waals surface area contributed by atoms with Gasteiger partial charge in [-0.3, -0.25) is 4.79 Å². The van der Waals surface area contributed by atoms with Crippen LogP contribution in [0.2, 0.25) is 0 Å². The molecule has 2 N–H and O–H groups in total. The number of aromatic amines is 1. The van der Waals surface area contributed by atoms with Crippen LogP contribution in [0.25, 0.3) is 21.3 Å². The van der Waals surface area contributed by atoms with Crippen LogP contribution in [-0.4, -0.2) is 46.9 Å². The lowest BCUT2D eigenvalue weighted by Gasteiger charge is -2.16. The number of H-pyrrole nitrogens is 1. The molecule has 1 aliphatic rings. The summed E-state index contributed by atoms with van der Waals surface area (Å²) in [6.45, 7) is 1.75. The van der Waals surface area contributed by atoms with Gasteiger partial charge in [0.1, 0.15) is 10.4 Å². The fourth-order valence-electron chi connectivity index (χ4n) is 3.19. The van der Waals surface area contributed by atoms with Gasteiger partial charge in [0.25, 0.3) is 5.56 Å². The van der Waals surface area contributed by atoms with Crippen LogP contribution in [0.5, 0.6) is 5.88 Å². The van der Waals surface area contributed by atoms with Crippen LogP contribution in [0.4, 0.5) is 5.00 Å². The first-order chi connectivity index (χ1) is 12.2. The van der Waals surface area contributed by atoms with Crippen molar-refractivity contribution in [3.63, 3.8) is 0 Å². The van der Waals surface area contributed by atoms with Crippen LogP contribution in [0, 0.1) is 5.92 Å². The van der Waals surface area contributed by atoms with Crippen molar-refractivity contribution in [1.82, 2.24) is 15.0 Å². The molecule has 0 bridgehead atoms. The number of pyridine rings is 1. The van der Waals surface area contributed by atoms with Gasteiger partial charge in [-0.2, -0.15) is 0 Å². The molecule has 4 heterocycles. The molecular weight excluding hydrogens is 340 g/mol. The van der Waals surface area contributed by atoms with Gasteiger partial charge in [0, 0.05) is 43.4 Å². The van der Waals surface area contributed by atoms with Gasteiger partial charge in [0.05, 0.1) is 23.8 Å². The molecule has 3 aromatic heterocycles. The third-order valence-corrected chi connectivity index (χ3v) is 5.81. The van der Waals surface area contributed by atoms with E-state index in [9.17, 15) is 9.90 Å². The molecule has 1 aliphatic heterocycles. The fourth-order valence-corrected chi connectivity index (χ4v) is 4.46. The number of nitrogens with one attached hydrogen (secondary N) is 1. The fraction of sp³-hybridized carbons (Fsp3) is 0.353. The number of hydrogen-bond acceptors (Lipinski definition) is 7. The van der Waals surface area contributed by atoms with E-state index in [1.54, 1.807) is 30.7 Å². The van der Waals surface area contributed by atoms with Gasteiger partial charge in [0.2, 0.25) is 5.88 Å². The van der Waals surface area contributed by atoms with Crippen molar-refractivity contribution in [1.29, 1.82) is 0 Å². The van der Waals surface area contributed by atoms with Crippen LogP contribution >= 0.6 is 11.3 Å². The first kappa shape index (κ1) is 16.0. The average molecular weight is 358 g/mol. The predicted octanol–water partition coefficient (Wildman–Crippen LogP) is 1.87. The monoisotopic (exact) mass is 358 g/mol. The second-order valence-electron chi connectivity index (χ2n) is 6.06. The molecule has 0 spiro atoms. The van der Waals surface area contributed by atoms with Gasteiger partial charge < -0.3 is 19.7 Å². The van der Waals surface area contributed by atoms with E-state index in [4.69, 9.17) is 4.74 Å². The Labute approximate surface area is 147 Å². The molecule has 0 aromatic carbocycles. The van der Waals surface area contributed by atoms with Crippen molar-refractivity contribution < 1.29 is 9.84 Å². The number of nitrogens with zero attached hydrogens (tertiary/aromatic N) is 3. The first-order valence-corrected chi connectivity index (χ1v) is 8.89. The molecule has 1 fully saturated rings. The largest absolute Gasteiger partial charge is 0.481 e. The second-order valence-corrected chi connectivity index (χ2v) is 7.06. The normalized spacial score (nSPS) is 17.4. The van der Waals surface area contributed by atoms with E-state index in [2.05, 4.69) is 19.9 Å². The summed E-state index contributed by atoms with van der Waals surface area (Å²) in [5, 5.41) is 10.9. The maximum absolute atomic E-state index is 12.5. The van der Waals surface area contributed by atoms with Gasteiger partial charge in [-0.05, 0) is 12.5 Å². The molecular formula is C17H18N4O3S. The van der Waals surface area contributed by atoms with Crippen LogP contribution in [0.1, 0.15) is 6.42 Å². The van der Waals surface area contributed by atoms with Crippen molar-refractivity contribution in [2.45, 2.75) is 6.42 Å². The van der Waals surface area contributed by atoms with E-state index in [1.807, 2.05) is 6.07 Å². The van der Waals surface area contributed by atoms with Gasteiger partial charge >= 0.3 is 0 Å². The summed E-state index contributed by atoms with van der Waals surface area (Å²) in [7, 11) is 1.58. The summed E-state index contributed by atoms with van der Waals surface area (Å²) in [4.78, 5) is 26.9. The van der Waals surface area contributed by atoms with Gasteiger partial charge in [0.15, 0.2) is 0 Å². The average Bonchev–Trinajstić information content (AvgIpc) is 3.27. The maximum atomic E-state index is 12.5. The number of aliphatic hydroxyl groups excluding tert-OH is 1. The maximum Gasteiger partial charge on any atom is 0.261 e. The standard InChI is InChI=1S/C17H18N4O3S/c1-24-12-3-2-11(6-18-12)15-14-13(16(23)20-9-19-14)17(25-15)21-5-4-10(7-21)8-22/h2-3,6,9-10,22H,4-5,7-8H2,1H3,(H,19,20,23)/t10-/m0/s1. The highest BCUT2D eigenvalue weighted by atomic mass is 32.1. The smallest absolute Gasteiger partial charge is 0.261 e. The van der Waals surface area contributed by atoms with Gasteiger partial charge in [-0.1, -0.05) is 0 Å². The number of thiophene rings is 1. The Morgan fingerprint density at radius 3 is 3.00 bits per heavy atom. The molecule has 0 aliphatic carbocycles. The first-order valence-electron chi connectivity index (χ1n) is 8.07. The number of aliphatic hydroxyl groups is 1. The zero-order valence-electron chi connectivity index (χ0n) is 13.7. The zero-order valence-corrected chi connectivity index (χ0v) is 14.5. The topological polar surface area (TPSA) is 91.3 Å². The lowest BCUT2D eigenvalue weighted by Crippen LogP contribution is -2.21. The number of fused-ring (bicyclic) bond motifs is 1. The van der Waals surface area contributed by atoms with Gasteiger partial charge in [-0.25, -0.2) is 9.97 Å². The molecule has 25 heavy (non-hydrogen) atoms. The van der Waals surface area contributed by atoms with Crippen molar-refractivity contribution >= 4 is 27.2 Å². The highest BCUT2D eigenvalue weighted by Crippen LogP contribution is 2.42. The lowest BCUT2D eigenvalue weighted by molar-refractivity contribution is 0.239. The van der Waals surface area contributed by atoms with Crippen molar-refractivity contribution in [2.24, 2.45) is 5.92 Å². The minimum absolute atomic E-state index is 0.142. The van der Waals surface area contributed by atoms with Crippen LogP contribution in [0.15, 0.2) is 29.5 Å². The predicted molar refractivity (Wildman–Crippen MR) is 97.4 cm³/mol. The molecule has 130 valence electrons. The van der Waals surface area contributed by atoms with E-state index < -0.39 is 0 Å². The Morgan fingerprint density at radius 2 is 2.32 bits per heavy atom. The number of ether oxygens (including phenoxy) is 1. The molecule has 0 saturated carbocycles. The van der Waals surface area contributed by atoms with Gasteiger partial charge in [-0.15, -0.1) is 11.3 Å². The second kappa shape index (κ2) is 6.45. The molecule has 4 rings (SSSR count). The molecule has 0 radical (unpaired) electrons. The Bertz CT molecular complexity index is 951. The number of aromatic nitrogens is 3. The Balaban J connectivity index is 1.85. The van der Waals surface area contributed by atoms with E-state index in [0.717, 1.165) is 35.0 Å².